The first-order valence-corrected chi connectivity index (χ1v) is 13.5. The molecule has 1 unspecified atom stereocenters. The third kappa shape index (κ3) is 9.84. The fourth-order valence-corrected chi connectivity index (χ4v) is 5.86. The standard InChI is InChI=1S/C27H33S2.C2H6/c1-5-8-11-15-23(4)29(26-17-12-10-13-18-26)27-21-19-25(20-22-27)28-24(14-7-3)16-9-6-2;1-2/h5,8-9,11-12,14-22H,4,6-7,10,13H2,1-3H3;1-2H3/q+1;/b8-5-,15-11-,16-9-,24-14+;. The van der Waals surface area contributed by atoms with Crippen LogP contribution in [0, 0.1) is 0 Å². The van der Waals surface area contributed by atoms with E-state index in [4.69, 9.17) is 0 Å². The molecule has 2 heteroatoms. The van der Waals surface area contributed by atoms with E-state index in [1.54, 1.807) is 0 Å². The maximum Gasteiger partial charge on any atom is 0.166 e. The van der Waals surface area contributed by atoms with Crippen molar-refractivity contribution in [1.29, 1.82) is 0 Å². The molecular formula is C29H39S2+. The van der Waals surface area contributed by atoms with Crippen LogP contribution >= 0.6 is 11.8 Å². The van der Waals surface area contributed by atoms with Gasteiger partial charge in [0.05, 0.1) is 10.9 Å². The summed E-state index contributed by atoms with van der Waals surface area (Å²) in [6, 6.07) is 9.05. The van der Waals surface area contributed by atoms with Gasteiger partial charge in [-0.1, -0.05) is 82.0 Å². The van der Waals surface area contributed by atoms with E-state index in [2.05, 4.69) is 99.4 Å². The Morgan fingerprint density at radius 2 is 1.77 bits per heavy atom. The summed E-state index contributed by atoms with van der Waals surface area (Å²) >= 11 is 1.84. The maximum absolute atomic E-state index is 4.40. The van der Waals surface area contributed by atoms with E-state index in [1.807, 2.05) is 38.6 Å². The van der Waals surface area contributed by atoms with Crippen LogP contribution in [0.4, 0.5) is 0 Å². The Morgan fingerprint density at radius 1 is 1.03 bits per heavy atom. The van der Waals surface area contributed by atoms with E-state index in [-0.39, 0.29) is 10.9 Å². The minimum absolute atomic E-state index is 0.130. The molecule has 0 nitrogen and oxygen atoms in total. The zero-order valence-electron chi connectivity index (χ0n) is 19.9. The van der Waals surface area contributed by atoms with Crippen LogP contribution in [0.5, 0.6) is 0 Å². The second-order valence-corrected chi connectivity index (χ2v) is 9.87. The van der Waals surface area contributed by atoms with Crippen molar-refractivity contribution in [1.82, 2.24) is 0 Å². The second-order valence-electron chi connectivity index (χ2n) is 6.64. The van der Waals surface area contributed by atoms with Crippen molar-refractivity contribution in [3.8, 4) is 0 Å². The van der Waals surface area contributed by atoms with E-state index >= 15 is 0 Å². The lowest BCUT2D eigenvalue weighted by Crippen LogP contribution is -2.07. The molecule has 0 aliphatic heterocycles. The van der Waals surface area contributed by atoms with Gasteiger partial charge in [0.1, 0.15) is 0 Å². The van der Waals surface area contributed by atoms with Crippen LogP contribution in [0.2, 0.25) is 0 Å². The first kappa shape index (κ1) is 27.1. The highest BCUT2D eigenvalue weighted by Gasteiger charge is 2.29. The van der Waals surface area contributed by atoms with Gasteiger partial charge in [0, 0.05) is 9.80 Å². The molecule has 0 saturated carbocycles. The van der Waals surface area contributed by atoms with Crippen LogP contribution in [0.1, 0.15) is 60.3 Å². The summed E-state index contributed by atoms with van der Waals surface area (Å²) in [4.78, 5) is 6.45. The first-order chi connectivity index (χ1) is 15.2. The molecular weight excluding hydrogens is 412 g/mol. The molecule has 0 aromatic heterocycles. The maximum atomic E-state index is 4.40. The third-order valence-corrected chi connectivity index (χ3v) is 7.49. The highest BCUT2D eigenvalue weighted by atomic mass is 32.2. The lowest BCUT2D eigenvalue weighted by molar-refractivity contribution is 1.03. The number of rotatable bonds is 10. The smallest absolute Gasteiger partial charge is 0.0904 e. The number of allylic oxidation sites excluding steroid dienone is 10. The molecule has 0 saturated heterocycles. The molecule has 0 N–H and O–H groups in total. The average molecular weight is 452 g/mol. The van der Waals surface area contributed by atoms with Crippen LogP contribution in [0.3, 0.4) is 0 Å². The van der Waals surface area contributed by atoms with E-state index in [0.29, 0.717) is 0 Å². The Morgan fingerprint density at radius 3 is 2.35 bits per heavy atom. The quantitative estimate of drug-likeness (QED) is 0.194. The van der Waals surface area contributed by atoms with Gasteiger partial charge in [-0.25, -0.2) is 0 Å². The van der Waals surface area contributed by atoms with Crippen molar-refractivity contribution >= 4 is 22.7 Å². The van der Waals surface area contributed by atoms with Crippen LogP contribution in [-0.4, -0.2) is 0 Å². The summed E-state index contributed by atoms with van der Waals surface area (Å²) in [7, 11) is -0.130. The van der Waals surface area contributed by atoms with Crippen molar-refractivity contribution in [2.75, 3.05) is 0 Å². The van der Waals surface area contributed by atoms with Gasteiger partial charge in [-0.3, -0.25) is 0 Å². The van der Waals surface area contributed by atoms with E-state index in [0.717, 1.165) is 30.6 Å². The molecule has 1 aliphatic carbocycles. The fourth-order valence-electron chi connectivity index (χ4n) is 2.88. The molecule has 0 fully saturated rings. The molecule has 166 valence electrons. The fraction of sp³-hybridized carbons (Fsp3) is 0.310. The van der Waals surface area contributed by atoms with Gasteiger partial charge in [-0.2, -0.15) is 0 Å². The minimum Gasteiger partial charge on any atom is -0.0904 e. The molecule has 1 aliphatic rings. The molecule has 1 atom stereocenters. The van der Waals surface area contributed by atoms with Gasteiger partial charge < -0.3 is 0 Å². The van der Waals surface area contributed by atoms with E-state index in [9.17, 15) is 0 Å². The topological polar surface area (TPSA) is 0 Å². The Bertz CT molecular complexity index is 830. The summed E-state index contributed by atoms with van der Waals surface area (Å²) in [6.07, 6.45) is 26.4. The summed E-state index contributed by atoms with van der Waals surface area (Å²) in [6.45, 7) is 14.8. The lowest BCUT2D eigenvalue weighted by atomic mass is 10.2. The number of hydrogen-bond donors (Lipinski definition) is 0. The molecule has 2 rings (SSSR count). The summed E-state index contributed by atoms with van der Waals surface area (Å²) < 4.78 is 0. The third-order valence-electron chi connectivity index (χ3n) is 4.26. The highest BCUT2D eigenvalue weighted by molar-refractivity contribution is 8.04. The van der Waals surface area contributed by atoms with Gasteiger partial charge in [0.2, 0.25) is 0 Å². The van der Waals surface area contributed by atoms with Crippen molar-refractivity contribution in [2.24, 2.45) is 0 Å². The average Bonchev–Trinajstić information content (AvgIpc) is 2.81. The molecule has 1 aromatic carbocycles. The van der Waals surface area contributed by atoms with Gasteiger partial charge in [-0.15, -0.1) is 0 Å². The van der Waals surface area contributed by atoms with Gasteiger partial charge in [0.15, 0.2) is 14.7 Å². The molecule has 0 amide bonds. The summed E-state index contributed by atoms with van der Waals surface area (Å²) in [5.74, 6) is 0. The van der Waals surface area contributed by atoms with Crippen molar-refractivity contribution in [2.45, 2.75) is 70.1 Å². The Balaban J connectivity index is 0.00000233. The van der Waals surface area contributed by atoms with Crippen molar-refractivity contribution in [3.05, 3.63) is 106 Å². The van der Waals surface area contributed by atoms with Gasteiger partial charge in [0.25, 0.3) is 0 Å². The molecule has 0 bridgehead atoms. The van der Waals surface area contributed by atoms with Crippen LogP contribution in [-0.2, 0) is 10.9 Å². The highest BCUT2D eigenvalue weighted by Crippen LogP contribution is 2.35. The molecule has 0 spiro atoms. The monoisotopic (exact) mass is 451 g/mol. The normalized spacial score (nSPS) is 15.3. The first-order valence-electron chi connectivity index (χ1n) is 11.4. The predicted molar refractivity (Wildman–Crippen MR) is 147 cm³/mol. The van der Waals surface area contributed by atoms with Crippen LogP contribution in [0.25, 0.3) is 0 Å². The molecule has 0 heterocycles. The Hall–Kier alpha value is -1.90. The van der Waals surface area contributed by atoms with Gasteiger partial charge in [-0.05, 0) is 81.7 Å². The molecule has 1 aromatic rings. The van der Waals surface area contributed by atoms with Gasteiger partial charge >= 0.3 is 0 Å². The summed E-state index contributed by atoms with van der Waals surface area (Å²) in [5, 5.41) is 0. The number of benzene rings is 1. The Kier molecular flexibility index (Phi) is 14.7. The van der Waals surface area contributed by atoms with Crippen molar-refractivity contribution < 1.29 is 0 Å². The SMILES string of the molecule is C=C(/C=C\C=C/C)[S+](C1=CCCC=C1)c1ccc(SC(/C=C\CC)=C/CC)cc1.CC. The van der Waals surface area contributed by atoms with E-state index in [1.165, 1.54) is 19.6 Å². The second kappa shape index (κ2) is 16.8. The predicted octanol–water partition coefficient (Wildman–Crippen LogP) is 9.92. The molecule has 31 heavy (non-hydrogen) atoms. The van der Waals surface area contributed by atoms with Crippen molar-refractivity contribution in [3.63, 3.8) is 0 Å². The zero-order chi connectivity index (χ0) is 22.9. The number of thioether (sulfide) groups is 1. The van der Waals surface area contributed by atoms with E-state index < -0.39 is 0 Å². The molecule has 0 radical (unpaired) electrons. The largest absolute Gasteiger partial charge is 0.166 e. The number of hydrogen-bond acceptors (Lipinski definition) is 1. The van der Waals surface area contributed by atoms with Crippen LogP contribution in [0.15, 0.2) is 116 Å². The summed E-state index contributed by atoms with van der Waals surface area (Å²) in [5.41, 5.74) is 0. The lowest BCUT2D eigenvalue weighted by Gasteiger charge is -2.11. The van der Waals surface area contributed by atoms with Crippen LogP contribution < -0.4 is 0 Å². The minimum atomic E-state index is -0.130. The zero-order valence-corrected chi connectivity index (χ0v) is 21.6. The Labute approximate surface area is 198 Å².